The Balaban J connectivity index is 3.60. The van der Waals surface area contributed by atoms with Crippen molar-refractivity contribution in [2.45, 2.75) is 72.3 Å². The Hall–Kier alpha value is -0.630. The van der Waals surface area contributed by atoms with Crippen molar-refractivity contribution in [2.75, 3.05) is 20.6 Å². The molecule has 0 radical (unpaired) electrons. The molecule has 2 nitrogen and oxygen atoms in total. The Morgan fingerprint density at radius 3 is 2.35 bits per heavy atom. The van der Waals surface area contributed by atoms with Gasteiger partial charge in [-0.15, -0.1) is 0 Å². The first kappa shape index (κ1) is 19.4. The van der Waals surface area contributed by atoms with Gasteiger partial charge < -0.3 is 4.90 Å². The Morgan fingerprint density at radius 1 is 1.10 bits per heavy atom. The van der Waals surface area contributed by atoms with Gasteiger partial charge in [0.1, 0.15) is 0 Å². The van der Waals surface area contributed by atoms with Gasteiger partial charge in [-0.3, -0.25) is 4.99 Å². The first-order chi connectivity index (χ1) is 9.49. The fraction of sp³-hybridized carbons (Fsp3) is 0.833. The lowest BCUT2D eigenvalue weighted by Gasteiger charge is -2.19. The Labute approximate surface area is 127 Å². The van der Waals surface area contributed by atoms with E-state index in [4.69, 9.17) is 0 Å². The highest BCUT2D eigenvalue weighted by molar-refractivity contribution is 5.53. The molecule has 0 bridgehead atoms. The summed E-state index contributed by atoms with van der Waals surface area (Å²) in [6.45, 7) is 9.74. The third kappa shape index (κ3) is 10.2. The largest absolute Gasteiger partial charge is 0.307 e. The molecule has 0 spiro atoms. The van der Waals surface area contributed by atoms with Gasteiger partial charge in [0.25, 0.3) is 0 Å². The molecule has 0 aliphatic heterocycles. The van der Waals surface area contributed by atoms with Crippen molar-refractivity contribution in [1.29, 1.82) is 0 Å². The van der Waals surface area contributed by atoms with Crippen molar-refractivity contribution >= 4 is 6.21 Å². The third-order valence-electron chi connectivity index (χ3n) is 4.26. The maximum atomic E-state index is 4.32. The molecule has 0 aromatic carbocycles. The second kappa shape index (κ2) is 12.1. The molecule has 2 atom stereocenters. The molecule has 0 heterocycles. The van der Waals surface area contributed by atoms with Crippen LogP contribution in [-0.4, -0.2) is 37.8 Å². The maximum absolute atomic E-state index is 4.32. The first-order valence-corrected chi connectivity index (χ1v) is 8.26. The normalized spacial score (nSPS) is 16.1. The van der Waals surface area contributed by atoms with Crippen LogP contribution in [0.5, 0.6) is 0 Å². The van der Waals surface area contributed by atoms with Crippen molar-refractivity contribution in [3.8, 4) is 0 Å². The second-order valence-electron chi connectivity index (χ2n) is 6.28. The summed E-state index contributed by atoms with van der Waals surface area (Å²) in [5.74, 6) is 0.590. The molecule has 0 saturated carbocycles. The zero-order chi connectivity index (χ0) is 15.4. The Bertz CT molecular complexity index is 279. The topological polar surface area (TPSA) is 15.6 Å². The van der Waals surface area contributed by atoms with Crippen LogP contribution in [0, 0.1) is 5.92 Å². The minimum atomic E-state index is 0.590. The van der Waals surface area contributed by atoms with Gasteiger partial charge in [-0.2, -0.15) is 0 Å². The molecule has 0 aromatic heterocycles. The van der Waals surface area contributed by atoms with E-state index in [-0.39, 0.29) is 0 Å². The lowest BCUT2D eigenvalue weighted by Crippen LogP contribution is -2.24. The van der Waals surface area contributed by atoms with Crippen LogP contribution in [0.2, 0.25) is 0 Å². The first-order valence-electron chi connectivity index (χ1n) is 8.26. The molecule has 2 unspecified atom stereocenters. The van der Waals surface area contributed by atoms with Gasteiger partial charge >= 0.3 is 0 Å². The molecule has 0 aliphatic carbocycles. The van der Waals surface area contributed by atoms with Crippen molar-refractivity contribution in [3.63, 3.8) is 0 Å². The third-order valence-corrected chi connectivity index (χ3v) is 4.26. The minimum absolute atomic E-state index is 0.590. The summed E-state index contributed by atoms with van der Waals surface area (Å²) >= 11 is 0. The lowest BCUT2D eigenvalue weighted by molar-refractivity contribution is 0.291. The molecule has 0 aliphatic rings. The number of hydrogen-bond acceptors (Lipinski definition) is 2. The molecule has 0 fully saturated rings. The summed E-state index contributed by atoms with van der Waals surface area (Å²) in [6.07, 6.45) is 12.3. The highest BCUT2D eigenvalue weighted by Gasteiger charge is 2.03. The number of aliphatic imine (C=N–C) groups is 1. The fourth-order valence-corrected chi connectivity index (χ4v) is 2.13. The molecular weight excluding hydrogens is 244 g/mol. The fourth-order valence-electron chi connectivity index (χ4n) is 2.13. The summed E-state index contributed by atoms with van der Waals surface area (Å²) in [6, 6.07) is 0.720. The van der Waals surface area contributed by atoms with E-state index in [0.717, 1.165) is 12.6 Å². The van der Waals surface area contributed by atoms with Crippen molar-refractivity contribution in [2.24, 2.45) is 10.9 Å². The van der Waals surface area contributed by atoms with Crippen LogP contribution >= 0.6 is 0 Å². The molecule has 0 amide bonds. The average molecular weight is 280 g/mol. The highest BCUT2D eigenvalue weighted by Crippen LogP contribution is 2.14. The van der Waals surface area contributed by atoms with Crippen LogP contribution in [-0.2, 0) is 0 Å². The summed E-state index contributed by atoms with van der Waals surface area (Å²) < 4.78 is 0. The molecule has 0 saturated heterocycles. The van der Waals surface area contributed by atoms with E-state index in [9.17, 15) is 0 Å². The van der Waals surface area contributed by atoms with E-state index in [2.05, 4.69) is 50.8 Å². The lowest BCUT2D eigenvalue weighted by atomic mass is 10.0. The van der Waals surface area contributed by atoms with Crippen molar-refractivity contribution < 1.29 is 0 Å². The minimum Gasteiger partial charge on any atom is -0.307 e. The SMILES string of the molecule is CC=NCC(C)C(C)=CCCCCCCC(C)N(C)C. The molecule has 118 valence electrons. The van der Waals surface area contributed by atoms with Gasteiger partial charge in [-0.25, -0.2) is 0 Å². The van der Waals surface area contributed by atoms with Crippen molar-refractivity contribution in [1.82, 2.24) is 4.90 Å². The monoisotopic (exact) mass is 280 g/mol. The van der Waals surface area contributed by atoms with E-state index in [1.54, 1.807) is 0 Å². The van der Waals surface area contributed by atoms with Crippen LogP contribution in [0.4, 0.5) is 0 Å². The van der Waals surface area contributed by atoms with Gasteiger partial charge in [0.2, 0.25) is 0 Å². The summed E-state index contributed by atoms with van der Waals surface area (Å²) in [7, 11) is 4.34. The smallest absolute Gasteiger partial charge is 0.0447 e. The van der Waals surface area contributed by atoms with Gasteiger partial charge in [-0.05, 0) is 66.3 Å². The average Bonchev–Trinajstić information content (AvgIpc) is 2.42. The summed E-state index contributed by atoms with van der Waals surface area (Å²) in [4.78, 5) is 6.63. The number of rotatable bonds is 11. The number of hydrogen-bond donors (Lipinski definition) is 0. The van der Waals surface area contributed by atoms with Crippen LogP contribution in [0.25, 0.3) is 0 Å². The second-order valence-corrected chi connectivity index (χ2v) is 6.28. The molecule has 0 rings (SSSR count). The van der Waals surface area contributed by atoms with Gasteiger partial charge in [-0.1, -0.05) is 37.8 Å². The van der Waals surface area contributed by atoms with Crippen LogP contribution < -0.4 is 0 Å². The Kier molecular flexibility index (Phi) is 11.8. The molecule has 2 heteroatoms. The molecule has 0 N–H and O–H groups in total. The standard InChI is InChI=1S/C18H36N2/c1-7-19-15-17(3)16(2)13-11-9-8-10-12-14-18(4)20(5)6/h7,13,17-18H,8-12,14-15H2,1-6H3. The van der Waals surface area contributed by atoms with Gasteiger partial charge in [0, 0.05) is 12.6 Å². The van der Waals surface area contributed by atoms with E-state index >= 15 is 0 Å². The predicted molar refractivity (Wildman–Crippen MR) is 92.8 cm³/mol. The van der Waals surface area contributed by atoms with Gasteiger partial charge in [0.05, 0.1) is 0 Å². The number of allylic oxidation sites excluding steroid dienone is 1. The number of unbranched alkanes of at least 4 members (excludes halogenated alkanes) is 4. The van der Waals surface area contributed by atoms with Crippen LogP contribution in [0.3, 0.4) is 0 Å². The maximum Gasteiger partial charge on any atom is 0.0447 e. The molecular formula is C18H36N2. The highest BCUT2D eigenvalue weighted by atomic mass is 15.1. The zero-order valence-electron chi connectivity index (χ0n) is 14.7. The van der Waals surface area contributed by atoms with Crippen LogP contribution in [0.15, 0.2) is 16.6 Å². The van der Waals surface area contributed by atoms with E-state index in [1.165, 1.54) is 44.1 Å². The van der Waals surface area contributed by atoms with Gasteiger partial charge in [0.15, 0.2) is 0 Å². The van der Waals surface area contributed by atoms with E-state index in [1.807, 2.05) is 13.1 Å². The predicted octanol–water partition coefficient (Wildman–Crippen LogP) is 4.95. The van der Waals surface area contributed by atoms with E-state index < -0.39 is 0 Å². The summed E-state index contributed by atoms with van der Waals surface area (Å²) in [5.41, 5.74) is 1.50. The quantitative estimate of drug-likeness (QED) is 0.297. The number of nitrogens with zero attached hydrogens (tertiary/aromatic N) is 2. The van der Waals surface area contributed by atoms with E-state index in [0.29, 0.717) is 5.92 Å². The molecule has 0 aromatic rings. The summed E-state index contributed by atoms with van der Waals surface area (Å²) in [5, 5.41) is 0. The molecule has 20 heavy (non-hydrogen) atoms. The Morgan fingerprint density at radius 2 is 1.75 bits per heavy atom. The van der Waals surface area contributed by atoms with Crippen LogP contribution in [0.1, 0.15) is 66.2 Å². The zero-order valence-corrected chi connectivity index (χ0v) is 14.7. The van der Waals surface area contributed by atoms with Crippen molar-refractivity contribution in [3.05, 3.63) is 11.6 Å².